The Bertz CT molecular complexity index is 950. The number of esters is 3. The lowest BCUT2D eigenvalue weighted by Gasteiger charge is -2.23. The van der Waals surface area contributed by atoms with E-state index in [1.54, 1.807) is 0 Å². The minimum atomic E-state index is -1.33. The van der Waals surface area contributed by atoms with Gasteiger partial charge < -0.3 is 18.9 Å². The summed E-state index contributed by atoms with van der Waals surface area (Å²) in [6.07, 6.45) is -3.52. The van der Waals surface area contributed by atoms with Gasteiger partial charge in [0.1, 0.15) is 5.52 Å². The Morgan fingerprint density at radius 2 is 1.61 bits per heavy atom. The number of imidazole rings is 1. The molecule has 3 unspecified atom stereocenters. The number of nitrogens with zero attached hydrogens (tertiary/aromatic N) is 4. The Labute approximate surface area is 167 Å². The maximum atomic E-state index is 11.6. The molecule has 3 rings (SSSR count). The highest BCUT2D eigenvalue weighted by atomic mass is 35.5. The molecule has 0 amide bonds. The third-order valence-electron chi connectivity index (χ3n) is 3.66. The molecule has 0 radical (unpaired) electrons. The SMILES string of the molecule is CC(=O)OC1OC(n2cnc3c(Cl)nc(Cl)nc32)[C@@H](OC(C)=O)C1OC(C)=O. The van der Waals surface area contributed by atoms with Gasteiger partial charge in [0.2, 0.25) is 17.7 Å². The number of hydrogen-bond donors (Lipinski definition) is 0. The van der Waals surface area contributed by atoms with E-state index < -0.39 is 42.6 Å². The molecule has 0 saturated carbocycles. The van der Waals surface area contributed by atoms with E-state index in [1.165, 1.54) is 17.8 Å². The van der Waals surface area contributed by atoms with Crippen molar-refractivity contribution in [2.75, 3.05) is 0 Å². The number of hydrogen-bond acceptors (Lipinski definition) is 10. The zero-order valence-electron chi connectivity index (χ0n) is 14.8. The fourth-order valence-corrected chi connectivity index (χ4v) is 3.19. The van der Waals surface area contributed by atoms with Crippen LogP contribution in [0.5, 0.6) is 0 Å². The summed E-state index contributed by atoms with van der Waals surface area (Å²) in [4.78, 5) is 46.5. The maximum Gasteiger partial charge on any atom is 0.305 e. The van der Waals surface area contributed by atoms with Gasteiger partial charge in [-0.2, -0.15) is 4.98 Å². The summed E-state index contributed by atoms with van der Waals surface area (Å²) in [5.41, 5.74) is 0.397. The van der Waals surface area contributed by atoms with E-state index in [4.69, 9.17) is 42.1 Å². The van der Waals surface area contributed by atoms with E-state index in [0.717, 1.165) is 13.8 Å². The molecule has 0 aromatic carbocycles. The van der Waals surface area contributed by atoms with Crippen LogP contribution in [-0.4, -0.2) is 55.9 Å². The van der Waals surface area contributed by atoms with Crippen molar-refractivity contribution in [3.63, 3.8) is 0 Å². The zero-order chi connectivity index (χ0) is 20.6. The third kappa shape index (κ3) is 4.01. The molecule has 4 atom stereocenters. The third-order valence-corrected chi connectivity index (χ3v) is 4.09. The molecule has 2 aromatic heterocycles. The van der Waals surface area contributed by atoms with Crippen LogP contribution < -0.4 is 0 Å². The van der Waals surface area contributed by atoms with E-state index in [9.17, 15) is 14.4 Å². The van der Waals surface area contributed by atoms with Gasteiger partial charge >= 0.3 is 17.9 Å². The summed E-state index contributed by atoms with van der Waals surface area (Å²) in [7, 11) is 0. The van der Waals surface area contributed by atoms with Crippen LogP contribution in [0.25, 0.3) is 11.2 Å². The molecule has 1 saturated heterocycles. The molecule has 1 fully saturated rings. The summed E-state index contributed by atoms with van der Waals surface area (Å²) >= 11 is 11.9. The summed E-state index contributed by atoms with van der Waals surface area (Å²) in [6.45, 7) is 3.48. The first-order chi connectivity index (χ1) is 13.2. The lowest BCUT2D eigenvalue weighted by molar-refractivity contribution is -0.198. The topological polar surface area (TPSA) is 132 Å². The van der Waals surface area contributed by atoms with Gasteiger partial charge in [-0.3, -0.25) is 19.0 Å². The lowest BCUT2D eigenvalue weighted by atomic mass is 10.2. The number of ether oxygens (including phenoxy) is 4. The van der Waals surface area contributed by atoms with Crippen LogP contribution in [0.1, 0.15) is 27.0 Å². The van der Waals surface area contributed by atoms with Crippen molar-refractivity contribution in [1.29, 1.82) is 0 Å². The predicted octanol–water partition coefficient (Wildman–Crippen LogP) is 1.41. The molecule has 3 heterocycles. The van der Waals surface area contributed by atoms with E-state index in [0.29, 0.717) is 0 Å². The predicted molar refractivity (Wildman–Crippen MR) is 92.1 cm³/mol. The molecule has 0 spiro atoms. The van der Waals surface area contributed by atoms with Crippen LogP contribution in [0.4, 0.5) is 0 Å². The van der Waals surface area contributed by atoms with Gasteiger partial charge in [-0.05, 0) is 11.6 Å². The van der Waals surface area contributed by atoms with Gasteiger partial charge in [-0.25, -0.2) is 9.97 Å². The molecule has 2 aromatic rings. The smallest absolute Gasteiger partial charge is 0.305 e. The van der Waals surface area contributed by atoms with Gasteiger partial charge in [0.05, 0.1) is 6.33 Å². The number of fused-ring (bicyclic) bond motifs is 1. The Hall–Kier alpha value is -2.50. The van der Waals surface area contributed by atoms with Crippen LogP contribution in [0, 0.1) is 0 Å². The van der Waals surface area contributed by atoms with E-state index in [1.807, 2.05) is 0 Å². The quantitative estimate of drug-likeness (QED) is 0.302. The molecular formula is C15H14Cl2N4O7. The Morgan fingerprint density at radius 3 is 2.21 bits per heavy atom. The fourth-order valence-electron chi connectivity index (χ4n) is 2.77. The standard InChI is InChI=1S/C15H14Cl2N4O7/c1-5(22)25-9-10(26-6(2)23)14(27-7(3)24)28-13(9)21-4-18-8-11(16)19-15(17)20-12(8)21/h4,9-10,13-14H,1-3H3/t9-,10?,13?,14?/m0/s1. The van der Waals surface area contributed by atoms with Crippen LogP contribution in [-0.2, 0) is 33.3 Å². The van der Waals surface area contributed by atoms with Crippen LogP contribution in [0.2, 0.25) is 10.4 Å². The average Bonchev–Trinajstić information content (AvgIpc) is 3.09. The highest BCUT2D eigenvalue weighted by Gasteiger charge is 2.52. The summed E-state index contributed by atoms with van der Waals surface area (Å²) in [5.74, 6) is -2.05. The highest BCUT2D eigenvalue weighted by molar-refractivity contribution is 6.35. The molecule has 13 heteroatoms. The minimum Gasteiger partial charge on any atom is -0.453 e. The van der Waals surface area contributed by atoms with Gasteiger partial charge in [-0.15, -0.1) is 0 Å². The molecule has 28 heavy (non-hydrogen) atoms. The second kappa shape index (κ2) is 7.86. The molecule has 150 valence electrons. The maximum absolute atomic E-state index is 11.6. The Morgan fingerprint density at radius 1 is 1.00 bits per heavy atom. The first kappa shape index (κ1) is 20.2. The molecule has 11 nitrogen and oxygen atoms in total. The summed E-state index contributed by atoms with van der Waals surface area (Å²) in [6, 6.07) is 0. The number of halogens is 2. The van der Waals surface area contributed by atoms with Crippen molar-refractivity contribution in [2.45, 2.75) is 45.5 Å². The molecule has 1 aliphatic rings. The second-order valence-electron chi connectivity index (χ2n) is 5.76. The van der Waals surface area contributed by atoms with Crippen molar-refractivity contribution < 1.29 is 33.3 Å². The monoisotopic (exact) mass is 432 g/mol. The summed E-state index contributed by atoms with van der Waals surface area (Å²) < 4.78 is 22.6. The van der Waals surface area contributed by atoms with Crippen LogP contribution in [0.3, 0.4) is 0 Å². The van der Waals surface area contributed by atoms with Crippen molar-refractivity contribution in [1.82, 2.24) is 19.5 Å². The van der Waals surface area contributed by atoms with E-state index in [2.05, 4.69) is 15.0 Å². The molecule has 0 bridgehead atoms. The number of aromatic nitrogens is 4. The Balaban J connectivity index is 2.08. The van der Waals surface area contributed by atoms with Crippen molar-refractivity contribution in [3.05, 3.63) is 16.8 Å². The molecule has 0 N–H and O–H groups in total. The first-order valence-electron chi connectivity index (χ1n) is 7.90. The number of carbonyl (C=O) groups excluding carboxylic acids is 3. The van der Waals surface area contributed by atoms with Gasteiger partial charge in [0, 0.05) is 20.8 Å². The highest BCUT2D eigenvalue weighted by Crippen LogP contribution is 2.36. The first-order valence-corrected chi connectivity index (χ1v) is 8.65. The van der Waals surface area contributed by atoms with E-state index >= 15 is 0 Å². The number of rotatable bonds is 4. The second-order valence-corrected chi connectivity index (χ2v) is 6.46. The summed E-state index contributed by atoms with van der Waals surface area (Å²) in [5, 5.41) is -0.141. The lowest BCUT2D eigenvalue weighted by Crippen LogP contribution is -2.40. The van der Waals surface area contributed by atoms with Gasteiger partial charge in [0.15, 0.2) is 23.1 Å². The molecular weight excluding hydrogens is 419 g/mol. The fraction of sp³-hybridized carbons (Fsp3) is 0.467. The largest absolute Gasteiger partial charge is 0.453 e. The van der Waals surface area contributed by atoms with Gasteiger partial charge in [-0.1, -0.05) is 11.6 Å². The van der Waals surface area contributed by atoms with Crippen molar-refractivity contribution >= 4 is 52.3 Å². The zero-order valence-corrected chi connectivity index (χ0v) is 16.3. The molecule has 0 aliphatic carbocycles. The number of carbonyl (C=O) groups is 3. The minimum absolute atomic E-state index is 0.00357. The van der Waals surface area contributed by atoms with E-state index in [-0.39, 0.29) is 21.6 Å². The van der Waals surface area contributed by atoms with Crippen molar-refractivity contribution in [2.24, 2.45) is 0 Å². The van der Waals surface area contributed by atoms with Crippen LogP contribution in [0.15, 0.2) is 6.33 Å². The Kier molecular flexibility index (Phi) is 5.68. The van der Waals surface area contributed by atoms with Crippen molar-refractivity contribution in [3.8, 4) is 0 Å². The average molecular weight is 433 g/mol. The van der Waals surface area contributed by atoms with Crippen LogP contribution >= 0.6 is 23.2 Å². The van der Waals surface area contributed by atoms with Gasteiger partial charge in [0.25, 0.3) is 0 Å². The normalized spacial score (nSPS) is 24.2. The molecule has 1 aliphatic heterocycles.